The summed E-state index contributed by atoms with van der Waals surface area (Å²) in [4.78, 5) is 14.6. The van der Waals surface area contributed by atoms with Gasteiger partial charge >= 0.3 is 5.97 Å². The number of rotatable bonds is 5. The summed E-state index contributed by atoms with van der Waals surface area (Å²) in [5, 5.41) is 10.4. The lowest BCUT2D eigenvalue weighted by molar-refractivity contribution is 0.0696. The quantitative estimate of drug-likeness (QED) is 0.870. The number of carboxylic acid groups (broad SMARTS) is 1. The molecule has 1 N–H and O–H groups in total. The van der Waals surface area contributed by atoms with E-state index in [1.807, 2.05) is 42.1 Å². The molecule has 0 aliphatic carbocycles. The standard InChI is InChI=1S/C18H18ClNO2S/c19-15-5-2-6-16(10-15)23-17-7-8-20(12-17)11-13-3-1-4-14(9-13)18(21)22/h1-6,9-10,17H,7-8,11-12H2,(H,21,22). The predicted molar refractivity (Wildman–Crippen MR) is 94.4 cm³/mol. The van der Waals surface area contributed by atoms with E-state index in [-0.39, 0.29) is 0 Å². The summed E-state index contributed by atoms with van der Waals surface area (Å²) in [6.07, 6.45) is 1.13. The van der Waals surface area contributed by atoms with Gasteiger partial charge in [-0.1, -0.05) is 29.8 Å². The molecule has 0 amide bonds. The van der Waals surface area contributed by atoms with Gasteiger partial charge in [-0.25, -0.2) is 4.79 Å². The summed E-state index contributed by atoms with van der Waals surface area (Å²) < 4.78 is 0. The Balaban J connectivity index is 1.57. The summed E-state index contributed by atoms with van der Waals surface area (Å²) in [7, 11) is 0. The monoisotopic (exact) mass is 347 g/mol. The first kappa shape index (κ1) is 16.4. The van der Waals surface area contributed by atoms with Gasteiger partial charge in [0.2, 0.25) is 0 Å². The van der Waals surface area contributed by atoms with Gasteiger partial charge in [0, 0.05) is 28.3 Å². The lowest BCUT2D eigenvalue weighted by Gasteiger charge is -2.16. The topological polar surface area (TPSA) is 40.5 Å². The number of likely N-dealkylation sites (tertiary alicyclic amines) is 1. The fourth-order valence-corrected chi connectivity index (χ4v) is 4.33. The first-order valence-corrected chi connectivity index (χ1v) is 8.83. The number of carbonyl (C=O) groups is 1. The molecule has 120 valence electrons. The molecule has 5 heteroatoms. The maximum Gasteiger partial charge on any atom is 0.335 e. The van der Waals surface area contributed by atoms with Crippen LogP contribution in [-0.2, 0) is 6.54 Å². The van der Waals surface area contributed by atoms with Crippen molar-refractivity contribution >= 4 is 29.3 Å². The molecule has 1 aliphatic rings. The SMILES string of the molecule is O=C(O)c1cccc(CN2CCC(Sc3cccc(Cl)c3)C2)c1. The van der Waals surface area contributed by atoms with Crippen LogP contribution in [0.25, 0.3) is 0 Å². The highest BCUT2D eigenvalue weighted by molar-refractivity contribution is 8.00. The van der Waals surface area contributed by atoms with Gasteiger partial charge < -0.3 is 5.11 Å². The lowest BCUT2D eigenvalue weighted by Crippen LogP contribution is -2.20. The first-order valence-electron chi connectivity index (χ1n) is 7.57. The van der Waals surface area contributed by atoms with Crippen LogP contribution >= 0.6 is 23.4 Å². The Kier molecular flexibility index (Phi) is 5.26. The molecule has 1 saturated heterocycles. The van der Waals surface area contributed by atoms with Crippen LogP contribution in [0.1, 0.15) is 22.3 Å². The van der Waals surface area contributed by atoms with Crippen LogP contribution in [0, 0.1) is 0 Å². The fourth-order valence-electron chi connectivity index (χ4n) is 2.83. The van der Waals surface area contributed by atoms with E-state index in [4.69, 9.17) is 16.7 Å². The van der Waals surface area contributed by atoms with E-state index in [1.54, 1.807) is 12.1 Å². The maximum absolute atomic E-state index is 11.0. The molecule has 0 saturated carbocycles. The van der Waals surface area contributed by atoms with Gasteiger partial charge in [0.15, 0.2) is 0 Å². The van der Waals surface area contributed by atoms with Crippen molar-refractivity contribution in [1.82, 2.24) is 4.90 Å². The van der Waals surface area contributed by atoms with Gasteiger partial charge in [-0.3, -0.25) is 4.90 Å². The van der Waals surface area contributed by atoms with Crippen LogP contribution in [0.3, 0.4) is 0 Å². The van der Waals surface area contributed by atoms with Gasteiger partial charge in [0.25, 0.3) is 0 Å². The van der Waals surface area contributed by atoms with Gasteiger partial charge in [0.05, 0.1) is 5.56 Å². The molecule has 3 rings (SSSR count). The van der Waals surface area contributed by atoms with E-state index in [1.165, 1.54) is 4.90 Å². The first-order chi connectivity index (χ1) is 11.1. The van der Waals surface area contributed by atoms with E-state index < -0.39 is 5.97 Å². The molecule has 23 heavy (non-hydrogen) atoms. The number of nitrogens with zero attached hydrogens (tertiary/aromatic N) is 1. The molecule has 2 aromatic carbocycles. The van der Waals surface area contributed by atoms with Crippen molar-refractivity contribution in [1.29, 1.82) is 0 Å². The maximum atomic E-state index is 11.0. The Labute approximate surface area is 145 Å². The van der Waals surface area contributed by atoms with Crippen LogP contribution in [0.2, 0.25) is 5.02 Å². The van der Waals surface area contributed by atoms with E-state index in [2.05, 4.69) is 11.0 Å². The van der Waals surface area contributed by atoms with Crippen molar-refractivity contribution in [3.8, 4) is 0 Å². The van der Waals surface area contributed by atoms with Gasteiger partial charge in [-0.15, -0.1) is 11.8 Å². The Hall–Kier alpha value is -1.49. The number of carboxylic acids is 1. The molecular formula is C18H18ClNO2S. The van der Waals surface area contributed by atoms with Crippen molar-refractivity contribution < 1.29 is 9.90 Å². The lowest BCUT2D eigenvalue weighted by atomic mass is 10.1. The van der Waals surface area contributed by atoms with E-state index in [0.29, 0.717) is 10.8 Å². The minimum Gasteiger partial charge on any atom is -0.478 e. The van der Waals surface area contributed by atoms with E-state index in [9.17, 15) is 4.79 Å². The molecule has 0 radical (unpaired) electrons. The number of hydrogen-bond acceptors (Lipinski definition) is 3. The molecule has 1 aliphatic heterocycles. The summed E-state index contributed by atoms with van der Waals surface area (Å²) in [6, 6.07) is 15.2. The minimum atomic E-state index is -0.873. The summed E-state index contributed by atoms with van der Waals surface area (Å²) in [5.41, 5.74) is 1.41. The van der Waals surface area contributed by atoms with Gasteiger partial charge in [-0.05, 0) is 48.9 Å². The van der Waals surface area contributed by atoms with Crippen LogP contribution < -0.4 is 0 Å². The Morgan fingerprint density at radius 1 is 1.26 bits per heavy atom. The Bertz CT molecular complexity index is 707. The molecule has 1 atom stereocenters. The van der Waals surface area contributed by atoms with Crippen LogP contribution in [-0.4, -0.2) is 34.3 Å². The molecule has 1 fully saturated rings. The average Bonchev–Trinajstić information content (AvgIpc) is 2.94. The zero-order valence-corrected chi connectivity index (χ0v) is 14.2. The molecule has 0 spiro atoms. The number of thioether (sulfide) groups is 1. The molecule has 2 aromatic rings. The predicted octanol–water partition coefficient (Wildman–Crippen LogP) is 4.40. The third kappa shape index (κ3) is 4.50. The fraction of sp³-hybridized carbons (Fsp3) is 0.278. The highest BCUT2D eigenvalue weighted by Crippen LogP contribution is 2.31. The number of benzene rings is 2. The highest BCUT2D eigenvalue weighted by Gasteiger charge is 2.23. The van der Waals surface area contributed by atoms with Crippen LogP contribution in [0.15, 0.2) is 53.4 Å². The van der Waals surface area contributed by atoms with E-state index >= 15 is 0 Å². The van der Waals surface area contributed by atoms with Crippen molar-refractivity contribution in [3.63, 3.8) is 0 Å². The van der Waals surface area contributed by atoms with Gasteiger partial charge in [0.1, 0.15) is 0 Å². The highest BCUT2D eigenvalue weighted by atomic mass is 35.5. The third-order valence-electron chi connectivity index (χ3n) is 3.91. The number of hydrogen-bond donors (Lipinski definition) is 1. The molecule has 0 aromatic heterocycles. The average molecular weight is 348 g/mol. The second-order valence-corrected chi connectivity index (χ2v) is 7.54. The van der Waals surface area contributed by atoms with Crippen molar-refractivity contribution in [2.24, 2.45) is 0 Å². The minimum absolute atomic E-state index is 0.353. The van der Waals surface area contributed by atoms with Crippen molar-refractivity contribution in [3.05, 3.63) is 64.7 Å². The molecule has 3 nitrogen and oxygen atoms in total. The number of aromatic carboxylic acids is 1. The summed E-state index contributed by atoms with van der Waals surface area (Å²) in [6.45, 7) is 2.84. The molecule has 0 bridgehead atoms. The molecule has 1 heterocycles. The second kappa shape index (κ2) is 7.39. The van der Waals surface area contributed by atoms with Gasteiger partial charge in [-0.2, -0.15) is 0 Å². The zero-order chi connectivity index (χ0) is 16.2. The summed E-state index contributed by atoms with van der Waals surface area (Å²) >= 11 is 7.90. The van der Waals surface area contributed by atoms with Crippen LogP contribution in [0.4, 0.5) is 0 Å². The molecule has 1 unspecified atom stereocenters. The molecular weight excluding hydrogens is 330 g/mol. The summed E-state index contributed by atoms with van der Waals surface area (Å²) in [5.74, 6) is -0.873. The number of halogens is 1. The zero-order valence-electron chi connectivity index (χ0n) is 12.6. The second-order valence-electron chi connectivity index (χ2n) is 5.73. The van der Waals surface area contributed by atoms with E-state index in [0.717, 1.165) is 36.6 Å². The normalized spacial score (nSPS) is 18.2. The third-order valence-corrected chi connectivity index (χ3v) is 5.39. The Morgan fingerprint density at radius 3 is 2.87 bits per heavy atom. The van der Waals surface area contributed by atoms with Crippen LogP contribution in [0.5, 0.6) is 0 Å². The largest absolute Gasteiger partial charge is 0.478 e. The van der Waals surface area contributed by atoms with Crippen molar-refractivity contribution in [2.45, 2.75) is 23.1 Å². The Morgan fingerprint density at radius 2 is 2.09 bits per heavy atom. The smallest absolute Gasteiger partial charge is 0.335 e. The van der Waals surface area contributed by atoms with Crippen molar-refractivity contribution in [2.75, 3.05) is 13.1 Å².